The van der Waals surface area contributed by atoms with Gasteiger partial charge in [-0.15, -0.1) is 0 Å². The second-order valence-electron chi connectivity index (χ2n) is 8.35. The lowest BCUT2D eigenvalue weighted by molar-refractivity contribution is -0.124. The van der Waals surface area contributed by atoms with E-state index in [4.69, 9.17) is 4.52 Å². The van der Waals surface area contributed by atoms with E-state index in [0.717, 1.165) is 0 Å². The Kier molecular flexibility index (Phi) is 6.61. The van der Waals surface area contributed by atoms with Crippen molar-refractivity contribution >= 4 is 27.3 Å². The molecule has 0 radical (unpaired) electrons. The average Bonchev–Trinajstić information content (AvgIpc) is 3.36. The highest BCUT2D eigenvalue weighted by Gasteiger charge is 2.27. The van der Waals surface area contributed by atoms with Crippen molar-refractivity contribution in [2.45, 2.75) is 18.7 Å². The second-order valence-corrected chi connectivity index (χ2v) is 10.0. The van der Waals surface area contributed by atoms with Gasteiger partial charge in [0.25, 0.3) is 15.9 Å². The molecular weight excluding hydrogens is 473 g/mol. The third-order valence-corrected chi connectivity index (χ3v) is 6.46. The van der Waals surface area contributed by atoms with Gasteiger partial charge in [-0.1, -0.05) is 17.3 Å². The van der Waals surface area contributed by atoms with Crippen LogP contribution in [0.25, 0.3) is 22.8 Å². The number of rotatable bonds is 8. The zero-order chi connectivity index (χ0) is 25.1. The van der Waals surface area contributed by atoms with Gasteiger partial charge in [0.15, 0.2) is 0 Å². The number of pyridine rings is 1. The Balaban J connectivity index is 1.50. The topological polar surface area (TPSA) is 127 Å². The molecule has 0 atom stereocenters. The Morgan fingerprint density at radius 1 is 1.03 bits per heavy atom. The highest BCUT2D eigenvalue weighted by Crippen LogP contribution is 2.25. The Morgan fingerprint density at radius 2 is 1.74 bits per heavy atom. The third kappa shape index (κ3) is 5.52. The van der Waals surface area contributed by atoms with E-state index in [9.17, 15) is 17.6 Å². The van der Waals surface area contributed by atoms with Crippen LogP contribution in [0.4, 0.5) is 15.8 Å². The van der Waals surface area contributed by atoms with Gasteiger partial charge in [0.2, 0.25) is 11.7 Å². The highest BCUT2D eigenvalue weighted by molar-refractivity contribution is 7.92. The van der Waals surface area contributed by atoms with Gasteiger partial charge in [-0.2, -0.15) is 4.98 Å². The molecule has 0 bridgehead atoms. The van der Waals surface area contributed by atoms with Gasteiger partial charge in [0, 0.05) is 29.3 Å². The number of hydrogen-bond acceptors (Lipinski definition) is 7. The molecule has 2 aromatic carbocycles. The van der Waals surface area contributed by atoms with E-state index in [2.05, 4.69) is 25.2 Å². The van der Waals surface area contributed by atoms with Crippen LogP contribution in [0.5, 0.6) is 0 Å². The maximum Gasteiger partial charge on any atom is 0.261 e. The second kappa shape index (κ2) is 9.63. The van der Waals surface area contributed by atoms with E-state index in [1.165, 1.54) is 50.2 Å². The molecule has 1 amide bonds. The van der Waals surface area contributed by atoms with Gasteiger partial charge < -0.3 is 9.84 Å². The molecule has 0 spiro atoms. The fraction of sp³-hybridized carbons (Fsp3) is 0.167. The lowest BCUT2D eigenvalue weighted by atomic mass is 9.94. The van der Waals surface area contributed by atoms with Crippen LogP contribution in [0.1, 0.15) is 13.8 Å². The van der Waals surface area contributed by atoms with Crippen molar-refractivity contribution in [1.82, 2.24) is 15.1 Å². The summed E-state index contributed by atoms with van der Waals surface area (Å²) in [5.41, 5.74) is 0.646. The van der Waals surface area contributed by atoms with Gasteiger partial charge >= 0.3 is 0 Å². The summed E-state index contributed by atoms with van der Waals surface area (Å²) in [6.07, 6.45) is 3.21. The first-order valence-corrected chi connectivity index (χ1v) is 12.0. The normalized spacial score (nSPS) is 11.7. The summed E-state index contributed by atoms with van der Waals surface area (Å²) in [5, 5.41) is 6.55. The molecule has 2 N–H and O–H groups in total. The summed E-state index contributed by atoms with van der Waals surface area (Å²) in [4.78, 5) is 20.5. The van der Waals surface area contributed by atoms with Gasteiger partial charge in [-0.05, 0) is 62.4 Å². The lowest BCUT2D eigenvalue weighted by Crippen LogP contribution is -2.32. The minimum absolute atomic E-state index is 0.00445. The molecule has 0 aliphatic rings. The van der Waals surface area contributed by atoms with Crippen molar-refractivity contribution in [3.63, 3.8) is 0 Å². The maximum absolute atomic E-state index is 13.0. The number of nitrogens with one attached hydrogen (secondary N) is 2. The number of halogens is 1. The summed E-state index contributed by atoms with van der Waals surface area (Å²) in [6, 6.07) is 15.7. The van der Waals surface area contributed by atoms with Gasteiger partial charge in [0.1, 0.15) is 6.67 Å². The van der Waals surface area contributed by atoms with E-state index >= 15 is 0 Å². The number of alkyl halides is 1. The van der Waals surface area contributed by atoms with Crippen LogP contribution in [-0.2, 0) is 14.8 Å². The number of aromatic nitrogens is 3. The molecule has 0 saturated carbocycles. The summed E-state index contributed by atoms with van der Waals surface area (Å²) in [7, 11) is -3.94. The van der Waals surface area contributed by atoms with E-state index < -0.39 is 28.0 Å². The van der Waals surface area contributed by atoms with Crippen LogP contribution in [0.2, 0.25) is 0 Å². The summed E-state index contributed by atoms with van der Waals surface area (Å²) < 4.78 is 46.7. The van der Waals surface area contributed by atoms with Crippen LogP contribution in [0.15, 0.2) is 82.5 Å². The van der Waals surface area contributed by atoms with E-state index in [0.29, 0.717) is 16.8 Å². The van der Waals surface area contributed by atoms with Gasteiger partial charge in [0.05, 0.1) is 15.9 Å². The fourth-order valence-corrected chi connectivity index (χ4v) is 4.05. The summed E-state index contributed by atoms with van der Waals surface area (Å²) >= 11 is 0. The molecule has 4 aromatic rings. The minimum atomic E-state index is -3.94. The third-order valence-electron chi connectivity index (χ3n) is 5.08. The van der Waals surface area contributed by atoms with Crippen molar-refractivity contribution in [1.29, 1.82) is 0 Å². The van der Waals surface area contributed by atoms with Crippen LogP contribution < -0.4 is 10.0 Å². The Labute approximate surface area is 201 Å². The monoisotopic (exact) mass is 495 g/mol. The zero-order valence-electron chi connectivity index (χ0n) is 18.9. The van der Waals surface area contributed by atoms with Crippen LogP contribution >= 0.6 is 0 Å². The number of anilines is 2. The largest absolute Gasteiger partial charge is 0.334 e. The SMILES string of the molecule is CC(C)(CF)C(=O)Nc1ccc(NS(=O)(=O)c2cccc(-c3noc(-c4cccnc4)n3)c2)cc1. The number of hydrogen-bond donors (Lipinski definition) is 2. The number of carbonyl (C=O) groups excluding carboxylic acids is 1. The molecule has 180 valence electrons. The highest BCUT2D eigenvalue weighted by atomic mass is 32.2. The average molecular weight is 496 g/mol. The number of carbonyl (C=O) groups is 1. The molecule has 0 aliphatic heterocycles. The first-order chi connectivity index (χ1) is 16.7. The molecular formula is C24H22FN5O4S. The van der Waals surface area contributed by atoms with Crippen molar-refractivity contribution in [2.24, 2.45) is 5.41 Å². The molecule has 0 aliphatic carbocycles. The lowest BCUT2D eigenvalue weighted by Gasteiger charge is -2.19. The van der Waals surface area contributed by atoms with Crippen molar-refractivity contribution in [2.75, 3.05) is 16.7 Å². The predicted molar refractivity (Wildman–Crippen MR) is 129 cm³/mol. The van der Waals surface area contributed by atoms with Crippen molar-refractivity contribution < 1.29 is 22.1 Å². The Hall–Kier alpha value is -4.12. The molecule has 0 saturated heterocycles. The fourth-order valence-electron chi connectivity index (χ4n) is 2.95. The number of benzene rings is 2. The van der Waals surface area contributed by atoms with Crippen LogP contribution in [0.3, 0.4) is 0 Å². The van der Waals surface area contributed by atoms with Crippen molar-refractivity contribution in [3.05, 3.63) is 73.1 Å². The molecule has 0 unspecified atom stereocenters. The van der Waals surface area contributed by atoms with Gasteiger partial charge in [-0.3, -0.25) is 14.5 Å². The van der Waals surface area contributed by atoms with Crippen molar-refractivity contribution in [3.8, 4) is 22.8 Å². The van der Waals surface area contributed by atoms with Crippen LogP contribution in [-0.4, -0.2) is 36.1 Å². The minimum Gasteiger partial charge on any atom is -0.334 e. The standard InChI is InChI=1S/C24H22FN5O4S/c1-24(2,15-25)23(31)27-18-8-10-19(11-9-18)30-35(32,33)20-7-3-5-16(13-20)21-28-22(34-29-21)17-6-4-12-26-14-17/h3-14,30H,15H2,1-2H3,(H,27,31). The Bertz CT molecular complexity index is 1440. The van der Waals surface area contributed by atoms with E-state index in [-0.39, 0.29) is 22.3 Å². The summed E-state index contributed by atoms with van der Waals surface area (Å²) in [6.45, 7) is 2.19. The molecule has 11 heteroatoms. The van der Waals surface area contributed by atoms with E-state index in [1.807, 2.05) is 0 Å². The smallest absolute Gasteiger partial charge is 0.261 e. The molecule has 2 aromatic heterocycles. The number of amides is 1. The quantitative estimate of drug-likeness (QED) is 0.367. The first-order valence-electron chi connectivity index (χ1n) is 10.5. The maximum atomic E-state index is 13.0. The van der Waals surface area contributed by atoms with Gasteiger partial charge in [-0.25, -0.2) is 12.8 Å². The molecule has 0 fully saturated rings. The first kappa shape index (κ1) is 24.0. The van der Waals surface area contributed by atoms with Crippen LogP contribution in [0, 0.1) is 5.41 Å². The predicted octanol–water partition coefficient (Wildman–Crippen LogP) is 4.53. The summed E-state index contributed by atoms with van der Waals surface area (Å²) in [5.74, 6) is 0.0251. The number of nitrogens with zero attached hydrogens (tertiary/aromatic N) is 3. The molecule has 9 nitrogen and oxygen atoms in total. The molecule has 4 rings (SSSR count). The Morgan fingerprint density at radius 3 is 2.43 bits per heavy atom. The van der Waals surface area contributed by atoms with E-state index in [1.54, 1.807) is 36.7 Å². The number of sulfonamides is 1. The molecule has 35 heavy (non-hydrogen) atoms. The zero-order valence-corrected chi connectivity index (χ0v) is 19.7. The molecule has 2 heterocycles.